The zero-order chi connectivity index (χ0) is 26.2. The van der Waals surface area contributed by atoms with E-state index in [1.54, 1.807) is 0 Å². The molecule has 4 N–H and O–H groups in total. The van der Waals surface area contributed by atoms with Crippen molar-refractivity contribution in [3.8, 4) is 0 Å². The largest absolute Gasteiger partial charge is 0.481 e. The summed E-state index contributed by atoms with van der Waals surface area (Å²) in [7, 11) is 0. The fourth-order valence-electron chi connectivity index (χ4n) is 4.78. The van der Waals surface area contributed by atoms with E-state index < -0.39 is 12.3 Å². The molecule has 2 aliphatic rings. The third-order valence-corrected chi connectivity index (χ3v) is 6.86. The van der Waals surface area contributed by atoms with E-state index in [0.717, 1.165) is 35.2 Å². The molecule has 1 amide bonds. The van der Waals surface area contributed by atoms with Crippen LogP contribution in [0.15, 0.2) is 48.5 Å². The minimum atomic E-state index is -0.903. The number of β-amino-alcohol motifs (C(OH)–C–C–N with tert-alkyl or cyclic N) is 1. The van der Waals surface area contributed by atoms with Gasteiger partial charge in [-0.05, 0) is 29.5 Å². The van der Waals surface area contributed by atoms with Gasteiger partial charge in [-0.1, -0.05) is 48.5 Å². The number of ether oxygens (including phenoxy) is 2. The average molecular weight is 513 g/mol. The summed E-state index contributed by atoms with van der Waals surface area (Å²) in [4.78, 5) is 24.8. The van der Waals surface area contributed by atoms with Crippen LogP contribution in [0.4, 0.5) is 0 Å². The maximum absolute atomic E-state index is 11.9. The smallest absolute Gasteiger partial charge is 0.303 e. The van der Waals surface area contributed by atoms with Gasteiger partial charge in [0.15, 0.2) is 6.29 Å². The molecule has 0 radical (unpaired) electrons. The van der Waals surface area contributed by atoms with Crippen LogP contribution in [-0.2, 0) is 32.2 Å². The maximum atomic E-state index is 11.9. The molecular weight excluding hydrogens is 476 g/mol. The molecule has 37 heavy (non-hydrogen) atoms. The van der Waals surface area contributed by atoms with E-state index in [9.17, 15) is 19.8 Å². The van der Waals surface area contributed by atoms with E-state index in [2.05, 4.69) is 10.2 Å². The van der Waals surface area contributed by atoms with Crippen LogP contribution in [0.25, 0.3) is 0 Å². The van der Waals surface area contributed by atoms with Gasteiger partial charge in [-0.2, -0.15) is 0 Å². The molecule has 2 aliphatic heterocycles. The number of likely N-dealkylation sites (tertiary alicyclic amines) is 1. The van der Waals surface area contributed by atoms with Crippen LogP contribution in [0.2, 0.25) is 0 Å². The van der Waals surface area contributed by atoms with Crippen LogP contribution in [0.1, 0.15) is 66.8 Å². The normalized spacial score (nSPS) is 24.2. The van der Waals surface area contributed by atoms with Gasteiger partial charge in [0.25, 0.3) is 0 Å². The first kappa shape index (κ1) is 27.2. The molecule has 9 heteroatoms. The highest BCUT2D eigenvalue weighted by atomic mass is 16.7. The Morgan fingerprint density at radius 1 is 0.973 bits per heavy atom. The molecule has 0 aromatic heterocycles. The Bertz CT molecular complexity index is 1030. The number of aliphatic hydroxyl groups is 2. The van der Waals surface area contributed by atoms with Crippen molar-refractivity contribution in [2.45, 2.75) is 69.9 Å². The zero-order valence-corrected chi connectivity index (χ0v) is 20.9. The van der Waals surface area contributed by atoms with E-state index in [1.807, 2.05) is 48.5 Å². The lowest BCUT2D eigenvalue weighted by Gasteiger charge is -2.37. The van der Waals surface area contributed by atoms with Crippen LogP contribution in [-0.4, -0.2) is 63.9 Å². The van der Waals surface area contributed by atoms with E-state index in [4.69, 9.17) is 14.6 Å². The molecule has 2 aromatic carbocycles. The standard InChI is InChI=1S/C28H36N2O7/c31-18-20-6-8-21(9-7-20)25-14-24(17-30-13-12-23(32)16-30)36-28(37-25)22-10-4-19(5-11-22)15-29-26(33)2-1-3-27(34)35/h4-11,23-25,28,31-32H,1-3,12-18H2,(H,29,33)(H,34,35). The Kier molecular flexibility index (Phi) is 9.65. The molecule has 4 atom stereocenters. The van der Waals surface area contributed by atoms with Gasteiger partial charge in [-0.25, -0.2) is 0 Å². The molecule has 2 aromatic rings. The lowest BCUT2D eigenvalue weighted by molar-refractivity contribution is -0.252. The van der Waals surface area contributed by atoms with E-state index in [1.165, 1.54) is 0 Å². The summed E-state index contributed by atoms with van der Waals surface area (Å²) in [6.07, 6.45) is 0.850. The van der Waals surface area contributed by atoms with Crippen molar-refractivity contribution in [2.75, 3.05) is 19.6 Å². The number of rotatable bonds is 11. The molecule has 2 saturated heterocycles. The SMILES string of the molecule is O=C(O)CCCC(=O)NCc1ccc(C2OC(CN3CCC(O)C3)CC(c3ccc(CO)cc3)O2)cc1. The fraction of sp³-hybridized carbons (Fsp3) is 0.500. The van der Waals surface area contributed by atoms with Gasteiger partial charge in [-0.15, -0.1) is 0 Å². The molecule has 9 nitrogen and oxygen atoms in total. The molecule has 2 fully saturated rings. The second-order valence-electron chi connectivity index (χ2n) is 9.82. The number of hydrogen-bond donors (Lipinski definition) is 4. The van der Waals surface area contributed by atoms with E-state index in [0.29, 0.717) is 32.5 Å². The quantitative estimate of drug-likeness (QED) is 0.362. The van der Waals surface area contributed by atoms with Gasteiger partial charge >= 0.3 is 5.97 Å². The first-order valence-corrected chi connectivity index (χ1v) is 12.9. The van der Waals surface area contributed by atoms with E-state index in [-0.39, 0.29) is 43.7 Å². The van der Waals surface area contributed by atoms with Gasteiger partial charge in [0.1, 0.15) is 0 Å². The van der Waals surface area contributed by atoms with Gasteiger partial charge < -0.3 is 30.1 Å². The Morgan fingerprint density at radius 3 is 2.32 bits per heavy atom. The fourth-order valence-corrected chi connectivity index (χ4v) is 4.78. The summed E-state index contributed by atoms with van der Waals surface area (Å²) < 4.78 is 12.7. The molecule has 200 valence electrons. The van der Waals surface area contributed by atoms with E-state index >= 15 is 0 Å². The molecule has 2 heterocycles. The van der Waals surface area contributed by atoms with Crippen molar-refractivity contribution >= 4 is 11.9 Å². The molecular formula is C28H36N2O7. The molecule has 0 spiro atoms. The van der Waals surface area contributed by atoms with Gasteiger partial charge in [0, 0.05) is 51.0 Å². The van der Waals surface area contributed by atoms with Crippen LogP contribution >= 0.6 is 0 Å². The summed E-state index contributed by atoms with van der Waals surface area (Å²) in [5.41, 5.74) is 3.67. The van der Waals surface area contributed by atoms with Gasteiger partial charge in [0.2, 0.25) is 5.91 Å². The number of aliphatic hydroxyl groups excluding tert-OH is 2. The van der Waals surface area contributed by atoms with Crippen molar-refractivity contribution < 1.29 is 34.4 Å². The van der Waals surface area contributed by atoms with Crippen molar-refractivity contribution in [1.29, 1.82) is 0 Å². The second kappa shape index (κ2) is 13.1. The summed E-state index contributed by atoms with van der Waals surface area (Å²) in [6, 6.07) is 15.5. The number of carbonyl (C=O) groups excluding carboxylic acids is 1. The number of carbonyl (C=O) groups is 2. The number of nitrogens with one attached hydrogen (secondary N) is 1. The zero-order valence-electron chi connectivity index (χ0n) is 20.9. The van der Waals surface area contributed by atoms with Gasteiger partial charge in [-0.3, -0.25) is 14.5 Å². The average Bonchev–Trinajstić information content (AvgIpc) is 3.31. The summed E-state index contributed by atoms with van der Waals surface area (Å²) in [5, 5.41) is 30.8. The molecule has 0 aliphatic carbocycles. The third kappa shape index (κ3) is 8.08. The number of amides is 1. The lowest BCUT2D eigenvalue weighted by Crippen LogP contribution is -2.38. The minimum absolute atomic E-state index is 0.00735. The molecule has 0 bridgehead atoms. The highest BCUT2D eigenvalue weighted by Gasteiger charge is 2.34. The topological polar surface area (TPSA) is 129 Å². The summed E-state index contributed by atoms with van der Waals surface area (Å²) in [6.45, 7) is 2.57. The predicted molar refractivity (Wildman–Crippen MR) is 135 cm³/mol. The van der Waals surface area contributed by atoms with Crippen LogP contribution < -0.4 is 5.32 Å². The second-order valence-corrected chi connectivity index (χ2v) is 9.82. The van der Waals surface area contributed by atoms with Crippen molar-refractivity contribution in [3.63, 3.8) is 0 Å². The van der Waals surface area contributed by atoms with Crippen molar-refractivity contribution in [2.24, 2.45) is 0 Å². The number of carboxylic acid groups (broad SMARTS) is 1. The number of benzene rings is 2. The Balaban J connectivity index is 1.39. The summed E-state index contributed by atoms with van der Waals surface area (Å²) in [5.74, 6) is -1.07. The van der Waals surface area contributed by atoms with Crippen molar-refractivity contribution in [3.05, 3.63) is 70.8 Å². The van der Waals surface area contributed by atoms with Crippen LogP contribution in [0.5, 0.6) is 0 Å². The molecule has 0 saturated carbocycles. The first-order chi connectivity index (χ1) is 17.9. The lowest BCUT2D eigenvalue weighted by atomic mass is 9.99. The predicted octanol–water partition coefficient (Wildman–Crippen LogP) is 2.66. The summed E-state index contributed by atoms with van der Waals surface area (Å²) >= 11 is 0. The third-order valence-electron chi connectivity index (χ3n) is 6.86. The Morgan fingerprint density at radius 2 is 1.68 bits per heavy atom. The Labute approximate surface area is 217 Å². The van der Waals surface area contributed by atoms with Crippen molar-refractivity contribution in [1.82, 2.24) is 10.2 Å². The van der Waals surface area contributed by atoms with Gasteiger partial charge in [0.05, 0.1) is 24.9 Å². The molecule has 4 unspecified atom stereocenters. The minimum Gasteiger partial charge on any atom is -0.481 e. The number of carboxylic acids is 1. The highest BCUT2D eigenvalue weighted by molar-refractivity contribution is 5.76. The van der Waals surface area contributed by atoms with Crippen LogP contribution in [0, 0.1) is 0 Å². The monoisotopic (exact) mass is 512 g/mol. The Hall–Kier alpha value is -2.82. The number of aliphatic carboxylic acids is 1. The number of hydrogen-bond acceptors (Lipinski definition) is 7. The first-order valence-electron chi connectivity index (χ1n) is 12.9. The maximum Gasteiger partial charge on any atom is 0.303 e. The molecule has 4 rings (SSSR count). The number of nitrogens with zero attached hydrogens (tertiary/aromatic N) is 1. The highest BCUT2D eigenvalue weighted by Crippen LogP contribution is 2.38. The van der Waals surface area contributed by atoms with Crippen LogP contribution in [0.3, 0.4) is 0 Å².